The number of aromatic nitrogens is 4. The summed E-state index contributed by atoms with van der Waals surface area (Å²) >= 11 is 1.20. The predicted octanol–water partition coefficient (Wildman–Crippen LogP) is 4.22. The number of fused-ring (bicyclic) bond motifs is 1. The molecule has 10 heteroatoms. The summed E-state index contributed by atoms with van der Waals surface area (Å²) in [5.74, 6) is -1.18. The lowest BCUT2D eigenvalue weighted by Gasteiger charge is -2.22. The minimum absolute atomic E-state index is 0.0289. The van der Waals surface area contributed by atoms with Crippen LogP contribution in [0.1, 0.15) is 41.3 Å². The summed E-state index contributed by atoms with van der Waals surface area (Å²) in [6.07, 6.45) is 2.63. The molecule has 3 aromatic heterocycles. The van der Waals surface area contributed by atoms with E-state index in [9.17, 15) is 14.7 Å². The second-order valence-electron chi connectivity index (χ2n) is 8.16. The summed E-state index contributed by atoms with van der Waals surface area (Å²) in [6.45, 7) is 6.12. The van der Waals surface area contributed by atoms with E-state index in [1.807, 2.05) is 13.0 Å². The Morgan fingerprint density at radius 1 is 1.11 bits per heavy atom. The van der Waals surface area contributed by atoms with Crippen LogP contribution in [0.15, 0.2) is 54.2 Å². The highest BCUT2D eigenvalue weighted by molar-refractivity contribution is 7.15. The van der Waals surface area contributed by atoms with E-state index >= 15 is 0 Å². The molecule has 178 valence electrons. The van der Waals surface area contributed by atoms with Crippen LogP contribution in [0.4, 0.5) is 5.13 Å². The molecule has 0 spiro atoms. The van der Waals surface area contributed by atoms with E-state index in [1.54, 1.807) is 60.8 Å². The molecular formula is C25H23N5O4S. The molecular weight excluding hydrogens is 466 g/mol. The van der Waals surface area contributed by atoms with E-state index in [0.717, 1.165) is 6.42 Å². The van der Waals surface area contributed by atoms with E-state index < -0.39 is 17.7 Å². The van der Waals surface area contributed by atoms with Crippen LogP contribution in [0.25, 0.3) is 11.4 Å². The molecule has 1 amide bonds. The Morgan fingerprint density at radius 3 is 2.57 bits per heavy atom. The molecule has 4 heterocycles. The van der Waals surface area contributed by atoms with Crippen molar-refractivity contribution in [3.8, 4) is 5.75 Å². The fraction of sp³-hybridized carbons (Fsp3) is 0.240. The number of pyridine rings is 1. The van der Waals surface area contributed by atoms with E-state index in [0.29, 0.717) is 40.0 Å². The third-order valence-electron chi connectivity index (χ3n) is 5.76. The zero-order valence-corrected chi connectivity index (χ0v) is 20.2. The number of aliphatic hydroxyl groups excluding tert-OH is 1. The number of carbonyl (C=O) groups excluding carboxylic acids is 2. The summed E-state index contributed by atoms with van der Waals surface area (Å²) in [7, 11) is 0. The van der Waals surface area contributed by atoms with Crippen molar-refractivity contribution in [1.82, 2.24) is 19.6 Å². The molecule has 1 aliphatic heterocycles. The van der Waals surface area contributed by atoms with Crippen LogP contribution in [-0.2, 0) is 9.59 Å². The second kappa shape index (κ2) is 8.95. The van der Waals surface area contributed by atoms with Gasteiger partial charge in [0, 0.05) is 6.20 Å². The number of hydrogen-bond acceptors (Lipinski definition) is 8. The van der Waals surface area contributed by atoms with Gasteiger partial charge in [0.05, 0.1) is 23.9 Å². The first-order valence-electron chi connectivity index (χ1n) is 11.2. The Labute approximate surface area is 205 Å². The van der Waals surface area contributed by atoms with Crippen LogP contribution in [0.2, 0.25) is 0 Å². The number of anilines is 1. The highest BCUT2D eigenvalue weighted by atomic mass is 32.1. The van der Waals surface area contributed by atoms with Crippen molar-refractivity contribution in [2.24, 2.45) is 0 Å². The smallest absolute Gasteiger partial charge is 0.301 e. The Hall–Kier alpha value is -4.05. The maximum atomic E-state index is 13.4. The van der Waals surface area contributed by atoms with Crippen molar-refractivity contribution in [2.45, 2.75) is 33.2 Å². The van der Waals surface area contributed by atoms with Gasteiger partial charge in [-0.05, 0) is 50.1 Å². The molecule has 1 aromatic carbocycles. The number of hydrogen-bond donors (Lipinski definition) is 1. The number of ether oxygens (including phenoxy) is 1. The molecule has 0 bridgehead atoms. The van der Waals surface area contributed by atoms with Gasteiger partial charge in [-0.15, -0.1) is 10.2 Å². The highest BCUT2D eigenvalue weighted by Crippen LogP contribution is 2.43. The van der Waals surface area contributed by atoms with Crippen LogP contribution in [0.5, 0.6) is 5.75 Å². The maximum Gasteiger partial charge on any atom is 0.301 e. The number of imidazole rings is 1. The highest BCUT2D eigenvalue weighted by Gasteiger charge is 2.48. The van der Waals surface area contributed by atoms with Gasteiger partial charge in [0.15, 0.2) is 5.76 Å². The largest absolute Gasteiger partial charge is 0.505 e. The van der Waals surface area contributed by atoms with Gasteiger partial charge in [-0.25, -0.2) is 4.98 Å². The minimum Gasteiger partial charge on any atom is -0.505 e. The van der Waals surface area contributed by atoms with Crippen molar-refractivity contribution >= 4 is 39.6 Å². The topological polar surface area (TPSA) is 110 Å². The third-order valence-corrected chi connectivity index (χ3v) is 6.60. The number of ketones is 1. The van der Waals surface area contributed by atoms with Gasteiger partial charge in [0.2, 0.25) is 5.13 Å². The fourth-order valence-corrected chi connectivity index (χ4v) is 4.94. The van der Waals surface area contributed by atoms with Crippen molar-refractivity contribution in [3.63, 3.8) is 0 Å². The van der Waals surface area contributed by atoms with Gasteiger partial charge in [-0.3, -0.25) is 18.9 Å². The molecule has 1 atom stereocenters. The standard InChI is InChI=1S/C25H23N5O4S/c1-4-13-34-17-10-8-16(9-11-17)21-19(23(32)24(33)30(21)25-28-27-15(3)35-25)22(31)20-14(2)26-18-7-5-6-12-29(18)20/h5-12,21,31H,4,13H2,1-3H3/b22-19+. The molecule has 0 saturated carbocycles. The quantitative estimate of drug-likeness (QED) is 0.245. The van der Waals surface area contributed by atoms with Crippen LogP contribution in [0.3, 0.4) is 0 Å². The molecule has 1 fully saturated rings. The Morgan fingerprint density at radius 2 is 1.89 bits per heavy atom. The molecule has 4 aromatic rings. The van der Waals surface area contributed by atoms with E-state index in [2.05, 4.69) is 15.2 Å². The number of aryl methyl sites for hydroxylation is 2. The van der Waals surface area contributed by atoms with Gasteiger partial charge < -0.3 is 9.84 Å². The maximum absolute atomic E-state index is 13.4. The van der Waals surface area contributed by atoms with Crippen LogP contribution in [0, 0.1) is 13.8 Å². The van der Waals surface area contributed by atoms with Gasteiger partial charge in [0.1, 0.15) is 22.1 Å². The number of rotatable bonds is 6. The van der Waals surface area contributed by atoms with Gasteiger partial charge >= 0.3 is 5.91 Å². The van der Waals surface area contributed by atoms with E-state index in [-0.39, 0.29) is 16.5 Å². The molecule has 0 radical (unpaired) electrons. The molecule has 1 N–H and O–H groups in total. The minimum atomic E-state index is -0.892. The first-order valence-corrected chi connectivity index (χ1v) is 12.0. The average molecular weight is 490 g/mol. The average Bonchev–Trinajstić information content (AvgIpc) is 3.51. The molecule has 35 heavy (non-hydrogen) atoms. The molecule has 9 nitrogen and oxygen atoms in total. The molecule has 5 rings (SSSR count). The SMILES string of the molecule is CCCOc1ccc(C2/C(=C(\O)c3c(C)nc4ccccn34)C(=O)C(=O)N2c2nnc(C)s2)cc1. The molecule has 1 saturated heterocycles. The number of amides is 1. The zero-order chi connectivity index (χ0) is 24.7. The van der Waals surface area contributed by atoms with E-state index in [4.69, 9.17) is 4.74 Å². The summed E-state index contributed by atoms with van der Waals surface area (Å²) in [4.78, 5) is 32.4. The number of Topliss-reactive ketones (excluding diaryl/α,β-unsaturated/α-hetero) is 1. The number of benzene rings is 1. The lowest BCUT2D eigenvalue weighted by atomic mass is 9.96. The van der Waals surface area contributed by atoms with Crippen molar-refractivity contribution in [1.29, 1.82) is 0 Å². The summed E-state index contributed by atoms with van der Waals surface area (Å²) in [6, 6.07) is 11.7. The van der Waals surface area contributed by atoms with Crippen LogP contribution in [-0.4, -0.2) is 43.0 Å². The van der Waals surface area contributed by atoms with Gasteiger partial charge in [-0.1, -0.05) is 36.5 Å². The van der Waals surface area contributed by atoms with Crippen molar-refractivity contribution in [2.75, 3.05) is 11.5 Å². The van der Waals surface area contributed by atoms with Gasteiger partial charge in [-0.2, -0.15) is 0 Å². The molecule has 0 aliphatic carbocycles. The number of nitrogens with zero attached hydrogens (tertiary/aromatic N) is 5. The van der Waals surface area contributed by atoms with Crippen molar-refractivity contribution < 1.29 is 19.4 Å². The summed E-state index contributed by atoms with van der Waals surface area (Å²) in [5, 5.41) is 20.6. The Kier molecular flexibility index (Phi) is 5.81. The monoisotopic (exact) mass is 489 g/mol. The van der Waals surface area contributed by atoms with Crippen LogP contribution >= 0.6 is 11.3 Å². The lowest BCUT2D eigenvalue weighted by molar-refractivity contribution is -0.132. The Balaban J connectivity index is 1.71. The summed E-state index contributed by atoms with van der Waals surface area (Å²) in [5.41, 5.74) is 2.12. The van der Waals surface area contributed by atoms with E-state index in [1.165, 1.54) is 16.2 Å². The first-order chi connectivity index (χ1) is 16.9. The number of aliphatic hydroxyl groups is 1. The third kappa shape index (κ3) is 3.85. The Bertz CT molecular complexity index is 1470. The fourth-order valence-electron chi connectivity index (χ4n) is 4.22. The lowest BCUT2D eigenvalue weighted by Crippen LogP contribution is -2.29. The van der Waals surface area contributed by atoms with Crippen LogP contribution < -0.4 is 9.64 Å². The summed E-state index contributed by atoms with van der Waals surface area (Å²) < 4.78 is 7.39. The van der Waals surface area contributed by atoms with Gasteiger partial charge in [0.25, 0.3) is 5.78 Å². The molecule has 1 aliphatic rings. The second-order valence-corrected chi connectivity index (χ2v) is 9.33. The van der Waals surface area contributed by atoms with Crippen molar-refractivity contribution in [3.05, 3.63) is 76.2 Å². The number of carbonyl (C=O) groups is 2. The first kappa shape index (κ1) is 22.7. The normalized spacial score (nSPS) is 17.5. The molecule has 1 unspecified atom stereocenters. The predicted molar refractivity (Wildman–Crippen MR) is 132 cm³/mol. The zero-order valence-electron chi connectivity index (χ0n) is 19.4.